The van der Waals surface area contributed by atoms with Gasteiger partial charge in [-0.05, 0) is 58.2 Å². The summed E-state index contributed by atoms with van der Waals surface area (Å²) in [6, 6.07) is 8.76. The van der Waals surface area contributed by atoms with E-state index < -0.39 is 0 Å². The average molecular weight is 289 g/mol. The average Bonchev–Trinajstić information content (AvgIpc) is 2.42. The first-order valence-electron chi connectivity index (χ1n) is 8.00. The number of aryl methyl sites for hydroxylation is 1. The van der Waals surface area contributed by atoms with E-state index in [2.05, 4.69) is 36.1 Å². The Bertz CT molecular complexity index is 445. The van der Waals surface area contributed by atoms with E-state index in [1.807, 2.05) is 13.8 Å². The number of piperidine rings is 1. The summed E-state index contributed by atoms with van der Waals surface area (Å²) in [5.74, 6) is 0.451. The second-order valence-electron chi connectivity index (χ2n) is 6.45. The largest absolute Gasteiger partial charge is 0.463 e. The summed E-state index contributed by atoms with van der Waals surface area (Å²) >= 11 is 0. The van der Waals surface area contributed by atoms with Gasteiger partial charge in [-0.15, -0.1) is 0 Å². The SMILES string of the molecule is Cc1ccc(CN2CCC(CC(=O)OC(C)C)CC2)cc1. The number of likely N-dealkylation sites (tertiary alicyclic amines) is 1. The van der Waals surface area contributed by atoms with Crippen LogP contribution in [-0.2, 0) is 16.1 Å². The molecule has 21 heavy (non-hydrogen) atoms. The number of nitrogens with zero attached hydrogens (tertiary/aromatic N) is 1. The fourth-order valence-corrected chi connectivity index (χ4v) is 2.85. The molecule has 1 fully saturated rings. The Morgan fingerprint density at radius 1 is 1.24 bits per heavy atom. The number of esters is 1. The lowest BCUT2D eigenvalue weighted by atomic mass is 9.93. The van der Waals surface area contributed by atoms with Crippen LogP contribution in [0.15, 0.2) is 24.3 Å². The van der Waals surface area contributed by atoms with E-state index in [1.165, 1.54) is 11.1 Å². The molecule has 1 heterocycles. The zero-order valence-corrected chi connectivity index (χ0v) is 13.5. The first kappa shape index (κ1) is 16.0. The molecule has 0 aromatic heterocycles. The minimum absolute atomic E-state index is 0.000809. The highest BCUT2D eigenvalue weighted by Crippen LogP contribution is 2.22. The van der Waals surface area contributed by atoms with Crippen molar-refractivity contribution in [2.24, 2.45) is 5.92 Å². The van der Waals surface area contributed by atoms with Crippen molar-refractivity contribution < 1.29 is 9.53 Å². The lowest BCUT2D eigenvalue weighted by molar-refractivity contribution is -0.148. The zero-order chi connectivity index (χ0) is 15.2. The monoisotopic (exact) mass is 289 g/mol. The number of hydrogen-bond donors (Lipinski definition) is 0. The topological polar surface area (TPSA) is 29.5 Å². The Balaban J connectivity index is 1.73. The van der Waals surface area contributed by atoms with E-state index in [9.17, 15) is 4.79 Å². The normalized spacial score (nSPS) is 17.1. The maximum Gasteiger partial charge on any atom is 0.306 e. The van der Waals surface area contributed by atoms with Gasteiger partial charge in [0.1, 0.15) is 0 Å². The summed E-state index contributed by atoms with van der Waals surface area (Å²) in [5.41, 5.74) is 2.68. The zero-order valence-electron chi connectivity index (χ0n) is 13.5. The Labute approximate surface area is 128 Å². The molecule has 1 aromatic rings. The van der Waals surface area contributed by atoms with Crippen molar-refractivity contribution in [2.75, 3.05) is 13.1 Å². The molecule has 1 saturated heterocycles. The minimum atomic E-state index is -0.0398. The molecule has 116 valence electrons. The summed E-state index contributed by atoms with van der Waals surface area (Å²) in [7, 11) is 0. The lowest BCUT2D eigenvalue weighted by Gasteiger charge is -2.31. The van der Waals surface area contributed by atoms with Crippen LogP contribution in [0.1, 0.15) is 44.2 Å². The van der Waals surface area contributed by atoms with Crippen molar-refractivity contribution in [3.8, 4) is 0 Å². The second kappa shape index (κ2) is 7.60. The Morgan fingerprint density at radius 2 is 1.86 bits per heavy atom. The van der Waals surface area contributed by atoms with Crippen LogP contribution in [0.4, 0.5) is 0 Å². The summed E-state index contributed by atoms with van der Waals surface area (Å²) < 4.78 is 5.23. The van der Waals surface area contributed by atoms with Gasteiger partial charge in [-0.25, -0.2) is 0 Å². The van der Waals surface area contributed by atoms with Gasteiger partial charge in [-0.3, -0.25) is 9.69 Å². The van der Waals surface area contributed by atoms with Crippen molar-refractivity contribution in [3.05, 3.63) is 35.4 Å². The summed E-state index contributed by atoms with van der Waals surface area (Å²) in [6.07, 6.45) is 2.77. The molecule has 1 aliphatic rings. The van der Waals surface area contributed by atoms with Gasteiger partial charge in [0, 0.05) is 13.0 Å². The second-order valence-corrected chi connectivity index (χ2v) is 6.45. The fourth-order valence-electron chi connectivity index (χ4n) is 2.85. The number of hydrogen-bond acceptors (Lipinski definition) is 3. The molecule has 0 atom stereocenters. The molecule has 0 saturated carbocycles. The molecule has 0 unspecified atom stereocenters. The lowest BCUT2D eigenvalue weighted by Crippen LogP contribution is -2.34. The molecule has 3 nitrogen and oxygen atoms in total. The summed E-state index contributed by atoms with van der Waals surface area (Å²) in [6.45, 7) is 9.10. The molecule has 2 rings (SSSR count). The number of ether oxygens (including phenoxy) is 1. The number of carbonyl (C=O) groups excluding carboxylic acids is 1. The van der Waals surface area contributed by atoms with Gasteiger partial charge >= 0.3 is 5.97 Å². The number of carbonyl (C=O) groups is 1. The quantitative estimate of drug-likeness (QED) is 0.776. The molecule has 0 bridgehead atoms. The van der Waals surface area contributed by atoms with E-state index in [1.54, 1.807) is 0 Å². The van der Waals surface area contributed by atoms with Crippen molar-refractivity contribution in [2.45, 2.75) is 52.7 Å². The number of rotatable bonds is 5. The third-order valence-corrected chi connectivity index (χ3v) is 4.06. The predicted octanol–water partition coefficient (Wildman–Crippen LogP) is 3.55. The molecule has 0 radical (unpaired) electrons. The Morgan fingerprint density at radius 3 is 2.43 bits per heavy atom. The highest BCUT2D eigenvalue weighted by molar-refractivity contribution is 5.69. The minimum Gasteiger partial charge on any atom is -0.463 e. The van der Waals surface area contributed by atoms with Crippen molar-refractivity contribution >= 4 is 5.97 Å². The fraction of sp³-hybridized carbons (Fsp3) is 0.611. The molecule has 3 heteroatoms. The van der Waals surface area contributed by atoms with Crippen LogP contribution in [0.3, 0.4) is 0 Å². The van der Waals surface area contributed by atoms with Crippen LogP contribution in [0.25, 0.3) is 0 Å². The van der Waals surface area contributed by atoms with Crippen molar-refractivity contribution in [3.63, 3.8) is 0 Å². The molecular formula is C18H27NO2. The smallest absolute Gasteiger partial charge is 0.306 e. The van der Waals surface area contributed by atoms with Crippen LogP contribution in [0.2, 0.25) is 0 Å². The molecule has 0 aliphatic carbocycles. The molecule has 0 spiro atoms. The predicted molar refractivity (Wildman–Crippen MR) is 85.0 cm³/mol. The molecule has 1 aromatic carbocycles. The Hall–Kier alpha value is -1.35. The van der Waals surface area contributed by atoms with Crippen LogP contribution in [0.5, 0.6) is 0 Å². The van der Waals surface area contributed by atoms with Gasteiger partial charge < -0.3 is 4.74 Å². The third-order valence-electron chi connectivity index (χ3n) is 4.06. The van der Waals surface area contributed by atoms with Crippen molar-refractivity contribution in [1.29, 1.82) is 0 Å². The number of benzene rings is 1. The summed E-state index contributed by atoms with van der Waals surface area (Å²) in [5, 5.41) is 0. The molecule has 0 amide bonds. The highest BCUT2D eigenvalue weighted by atomic mass is 16.5. The highest BCUT2D eigenvalue weighted by Gasteiger charge is 2.22. The van der Waals surface area contributed by atoms with Crippen LogP contribution < -0.4 is 0 Å². The molecule has 0 N–H and O–H groups in total. The van der Waals surface area contributed by atoms with E-state index in [0.29, 0.717) is 12.3 Å². The van der Waals surface area contributed by atoms with Gasteiger partial charge in [0.25, 0.3) is 0 Å². The summed E-state index contributed by atoms with van der Waals surface area (Å²) in [4.78, 5) is 14.2. The third kappa shape index (κ3) is 5.50. The standard InChI is InChI=1S/C18H27NO2/c1-14(2)21-18(20)12-16-8-10-19(11-9-16)13-17-6-4-15(3)5-7-17/h4-7,14,16H,8-13H2,1-3H3. The molecular weight excluding hydrogens is 262 g/mol. The Kier molecular flexibility index (Phi) is 5.80. The van der Waals surface area contributed by atoms with Crippen LogP contribution in [-0.4, -0.2) is 30.1 Å². The van der Waals surface area contributed by atoms with Crippen LogP contribution in [0, 0.1) is 12.8 Å². The van der Waals surface area contributed by atoms with Gasteiger partial charge in [0.05, 0.1) is 6.10 Å². The van der Waals surface area contributed by atoms with Crippen molar-refractivity contribution in [1.82, 2.24) is 4.90 Å². The van der Waals surface area contributed by atoms with Crippen LogP contribution >= 0.6 is 0 Å². The van der Waals surface area contributed by atoms with E-state index in [4.69, 9.17) is 4.74 Å². The van der Waals surface area contributed by atoms with E-state index in [-0.39, 0.29) is 12.1 Å². The van der Waals surface area contributed by atoms with E-state index in [0.717, 1.165) is 32.5 Å². The maximum atomic E-state index is 11.7. The first-order chi connectivity index (χ1) is 10.0. The van der Waals surface area contributed by atoms with Gasteiger partial charge in [-0.1, -0.05) is 29.8 Å². The molecule has 1 aliphatic heterocycles. The van der Waals surface area contributed by atoms with Gasteiger partial charge in [0.2, 0.25) is 0 Å². The van der Waals surface area contributed by atoms with Gasteiger partial charge in [-0.2, -0.15) is 0 Å². The van der Waals surface area contributed by atoms with Gasteiger partial charge in [0.15, 0.2) is 0 Å². The maximum absolute atomic E-state index is 11.7. The van der Waals surface area contributed by atoms with E-state index >= 15 is 0 Å². The first-order valence-corrected chi connectivity index (χ1v) is 8.00.